The van der Waals surface area contributed by atoms with Crippen molar-refractivity contribution < 1.29 is 29.3 Å². The molecule has 0 bridgehead atoms. The highest BCUT2D eigenvalue weighted by Crippen LogP contribution is 2.40. The van der Waals surface area contributed by atoms with Crippen molar-refractivity contribution in [1.82, 2.24) is 9.80 Å². The summed E-state index contributed by atoms with van der Waals surface area (Å²) in [5, 5.41) is 20.2. The highest BCUT2D eigenvalue weighted by Gasteiger charge is 2.42. The molecule has 2 saturated carbocycles. The van der Waals surface area contributed by atoms with Crippen LogP contribution in [0, 0.1) is 47.3 Å². The summed E-state index contributed by atoms with van der Waals surface area (Å²) in [4.78, 5) is 29.4. The lowest BCUT2D eigenvalue weighted by molar-refractivity contribution is -0.151. The van der Waals surface area contributed by atoms with Crippen LogP contribution in [-0.4, -0.2) is 103 Å². The molecule has 1 saturated heterocycles. The van der Waals surface area contributed by atoms with E-state index < -0.39 is 17.6 Å². The maximum absolute atomic E-state index is 12.7. The van der Waals surface area contributed by atoms with Gasteiger partial charge in [-0.3, -0.25) is 9.59 Å². The SMILES string of the molecule is CC.CC.CC1[C@H](C)CC(O)C[C@@]1(C)N(C)C.CCCC1CC(C)CC(N(C)C)C1.CO[C@@]1(C)CCCC(C)C(=O)OC[C@H](C)C(O)C(C)C(=O)[C@H](C)C1. The highest BCUT2D eigenvalue weighted by molar-refractivity contribution is 5.83. The molecule has 3 fully saturated rings. The van der Waals surface area contributed by atoms with Crippen molar-refractivity contribution in [3.8, 4) is 0 Å². The quantitative estimate of drug-likeness (QED) is 0.267. The van der Waals surface area contributed by atoms with Crippen LogP contribution in [0.25, 0.3) is 0 Å². The average molecular weight is 771 g/mol. The number of aliphatic hydroxyl groups excluding tert-OH is 2. The molecule has 0 aromatic heterocycles. The molecule has 324 valence electrons. The number of hydrogen-bond acceptors (Lipinski definition) is 8. The van der Waals surface area contributed by atoms with Crippen molar-refractivity contribution in [3.63, 3.8) is 0 Å². The number of carbonyl (C=O) groups excluding carboxylic acids is 2. The molecule has 0 aromatic carbocycles. The fraction of sp³-hybridized carbons (Fsp3) is 0.957. The Labute approximate surface area is 336 Å². The largest absolute Gasteiger partial charge is 0.465 e. The van der Waals surface area contributed by atoms with E-state index in [0.717, 1.165) is 50.0 Å². The van der Waals surface area contributed by atoms with Crippen molar-refractivity contribution in [2.24, 2.45) is 47.3 Å². The fourth-order valence-electron chi connectivity index (χ4n) is 8.85. The third-order valence-electron chi connectivity index (χ3n) is 13.1. The molecular formula is C46H94N2O6. The number of aliphatic hydroxyl groups is 2. The van der Waals surface area contributed by atoms with Gasteiger partial charge in [0.1, 0.15) is 5.78 Å². The zero-order valence-corrected chi connectivity index (χ0v) is 39.3. The minimum absolute atomic E-state index is 0.0365. The third kappa shape index (κ3) is 18.5. The molecule has 0 amide bonds. The molecule has 3 aliphatic rings. The van der Waals surface area contributed by atoms with E-state index in [1.807, 2.05) is 55.4 Å². The van der Waals surface area contributed by atoms with Gasteiger partial charge in [-0.2, -0.15) is 0 Å². The molecule has 8 nitrogen and oxygen atoms in total. The highest BCUT2D eigenvalue weighted by atomic mass is 16.5. The average Bonchev–Trinajstić information content (AvgIpc) is 3.13. The number of hydrogen-bond donors (Lipinski definition) is 2. The first-order chi connectivity index (χ1) is 25.1. The van der Waals surface area contributed by atoms with Gasteiger partial charge in [-0.15, -0.1) is 0 Å². The number of Topliss-reactive ketones (excluding diaryl/α,β-unsaturated/α-hetero) is 1. The van der Waals surface area contributed by atoms with Crippen molar-refractivity contribution in [2.45, 2.75) is 197 Å². The molecule has 0 aromatic rings. The lowest BCUT2D eigenvalue weighted by Crippen LogP contribution is -2.54. The van der Waals surface area contributed by atoms with Crippen molar-refractivity contribution in [3.05, 3.63) is 0 Å². The van der Waals surface area contributed by atoms with Gasteiger partial charge in [0.05, 0.1) is 30.3 Å². The molecule has 1 aliphatic heterocycles. The second-order valence-electron chi connectivity index (χ2n) is 18.0. The Morgan fingerprint density at radius 2 is 1.39 bits per heavy atom. The number of nitrogens with zero attached hydrogens (tertiary/aromatic N) is 2. The molecule has 0 radical (unpaired) electrons. The van der Waals surface area contributed by atoms with Gasteiger partial charge in [0.25, 0.3) is 0 Å². The Balaban J connectivity index is 0. The number of esters is 1. The molecule has 54 heavy (non-hydrogen) atoms. The lowest BCUT2D eigenvalue weighted by atomic mass is 9.67. The van der Waals surface area contributed by atoms with E-state index in [4.69, 9.17) is 9.47 Å². The van der Waals surface area contributed by atoms with Crippen molar-refractivity contribution in [1.29, 1.82) is 0 Å². The third-order valence-corrected chi connectivity index (χ3v) is 13.1. The molecule has 2 aliphatic carbocycles. The fourth-order valence-corrected chi connectivity index (χ4v) is 8.85. The number of methoxy groups -OCH3 is 1. The second kappa shape index (κ2) is 27.6. The smallest absolute Gasteiger partial charge is 0.308 e. The predicted octanol–water partition coefficient (Wildman–Crippen LogP) is 9.92. The molecule has 8 heteroatoms. The van der Waals surface area contributed by atoms with E-state index in [-0.39, 0.29) is 47.8 Å². The second-order valence-corrected chi connectivity index (χ2v) is 18.0. The summed E-state index contributed by atoms with van der Waals surface area (Å²) < 4.78 is 11.0. The van der Waals surface area contributed by atoms with Crippen LogP contribution in [-0.2, 0) is 19.1 Å². The molecule has 8 unspecified atom stereocenters. The monoisotopic (exact) mass is 771 g/mol. The zero-order valence-electron chi connectivity index (χ0n) is 39.3. The topological polar surface area (TPSA) is 99.5 Å². The molecule has 13 atom stereocenters. The van der Waals surface area contributed by atoms with Gasteiger partial charge >= 0.3 is 5.97 Å². The van der Waals surface area contributed by atoms with Crippen LogP contribution in [0.4, 0.5) is 0 Å². The molecule has 1 heterocycles. The van der Waals surface area contributed by atoms with Crippen LogP contribution in [0.15, 0.2) is 0 Å². The van der Waals surface area contributed by atoms with Crippen LogP contribution in [0.3, 0.4) is 0 Å². The first-order valence-corrected chi connectivity index (χ1v) is 22.1. The van der Waals surface area contributed by atoms with Crippen LogP contribution in [0.1, 0.15) is 168 Å². The number of cyclic esters (lactones) is 1. The Kier molecular flexibility index (Phi) is 28.1. The Morgan fingerprint density at radius 3 is 1.89 bits per heavy atom. The number of carbonyl (C=O) groups is 2. The van der Waals surface area contributed by atoms with Gasteiger partial charge in [0.2, 0.25) is 0 Å². The minimum atomic E-state index is -0.820. The summed E-state index contributed by atoms with van der Waals surface area (Å²) in [6.07, 6.45) is 11.0. The first-order valence-electron chi connectivity index (χ1n) is 22.1. The summed E-state index contributed by atoms with van der Waals surface area (Å²) >= 11 is 0. The standard InChI is InChI=1S/C19H34O5.C12H25N.C11H23NO.2C2H6/c1-12-8-7-9-19(5,23-6)10-13(2)16(20)15(4)17(21)14(3)11-24-18(12)22;1-5-6-11-7-10(2)8-12(9-11)13(3)4;1-8-6-10(13)7-11(3,9(8)2)12(4)5;2*1-2/h12-15,17,21H,7-11H2,1-6H3;10-12H,5-9H2,1-4H3;8-10,13H,6-7H2,1-5H3;2*1-2H3/t12?,13-,14+,15?,17?,19+;;8-,9?,10?,11-;;/m1.1../s1. The van der Waals surface area contributed by atoms with Crippen LogP contribution < -0.4 is 0 Å². The van der Waals surface area contributed by atoms with E-state index in [0.29, 0.717) is 18.3 Å². The van der Waals surface area contributed by atoms with Crippen molar-refractivity contribution >= 4 is 11.8 Å². The summed E-state index contributed by atoms with van der Waals surface area (Å²) in [5.74, 6) is 1.90. The van der Waals surface area contributed by atoms with Gasteiger partial charge in [0, 0.05) is 36.4 Å². The van der Waals surface area contributed by atoms with Gasteiger partial charge in [-0.05, 0) is 123 Å². The maximum atomic E-state index is 12.7. The predicted molar refractivity (Wildman–Crippen MR) is 230 cm³/mol. The van der Waals surface area contributed by atoms with Gasteiger partial charge in [-0.25, -0.2) is 0 Å². The zero-order chi connectivity index (χ0) is 42.6. The maximum Gasteiger partial charge on any atom is 0.308 e. The van der Waals surface area contributed by atoms with Crippen LogP contribution >= 0.6 is 0 Å². The summed E-state index contributed by atoms with van der Waals surface area (Å²) in [6, 6.07) is 0.847. The Bertz CT molecular complexity index is 992. The minimum Gasteiger partial charge on any atom is -0.465 e. The van der Waals surface area contributed by atoms with Gasteiger partial charge in [-0.1, -0.05) is 95.9 Å². The summed E-state index contributed by atoms with van der Waals surface area (Å²) in [5.41, 5.74) is -0.240. The molecule has 3 rings (SSSR count). The molecule has 2 N–H and O–H groups in total. The molecule has 0 spiro atoms. The summed E-state index contributed by atoms with van der Waals surface area (Å²) in [6.45, 7) is 29.0. The number of ketones is 1. The van der Waals surface area contributed by atoms with Gasteiger partial charge < -0.3 is 29.5 Å². The van der Waals surface area contributed by atoms with E-state index in [2.05, 4.69) is 72.6 Å². The first kappa shape index (κ1) is 55.0. The number of ether oxygens (including phenoxy) is 2. The number of rotatable bonds is 5. The van der Waals surface area contributed by atoms with Crippen LogP contribution in [0.5, 0.6) is 0 Å². The summed E-state index contributed by atoms with van der Waals surface area (Å²) in [7, 11) is 10.3. The van der Waals surface area contributed by atoms with Crippen LogP contribution in [0.2, 0.25) is 0 Å². The normalized spacial score (nSPS) is 38.1. The van der Waals surface area contributed by atoms with Gasteiger partial charge in [0.15, 0.2) is 0 Å². The lowest BCUT2D eigenvalue weighted by Gasteiger charge is -2.49. The molecular weight excluding hydrogens is 677 g/mol. The van der Waals surface area contributed by atoms with E-state index in [1.165, 1.54) is 32.1 Å². The van der Waals surface area contributed by atoms with E-state index >= 15 is 0 Å². The van der Waals surface area contributed by atoms with E-state index in [9.17, 15) is 19.8 Å². The Morgan fingerprint density at radius 1 is 0.815 bits per heavy atom. The van der Waals surface area contributed by atoms with Crippen molar-refractivity contribution in [2.75, 3.05) is 41.9 Å². The van der Waals surface area contributed by atoms with E-state index in [1.54, 1.807) is 14.0 Å². The Hall–Kier alpha value is -1.06.